The third kappa shape index (κ3) is 8.91. The SMILES string of the molecule is CC1(C)OB(c2ccccc2O)OC1(C)C.CN(C)c1nc(-c2ccccc2O)ncc1-c1ccsc1.CN(C)c1nc(Cl)ncc1-c1ccsc1. The number of aromatic nitrogens is 4. The molecule has 1 aliphatic heterocycles. The zero-order valence-electron chi connectivity index (χ0n) is 30.4. The number of halogens is 1. The van der Waals surface area contributed by atoms with Gasteiger partial charge in [-0.05, 0) is 102 Å². The molecule has 52 heavy (non-hydrogen) atoms. The number of aromatic hydroxyl groups is 2. The highest BCUT2D eigenvalue weighted by molar-refractivity contribution is 7.08. The Morgan fingerprint density at radius 2 is 1.15 bits per heavy atom. The smallest absolute Gasteiger partial charge is 0.498 e. The highest BCUT2D eigenvalue weighted by Gasteiger charge is 2.52. The molecule has 0 atom stereocenters. The predicted molar refractivity (Wildman–Crippen MR) is 215 cm³/mol. The number of benzene rings is 2. The van der Waals surface area contributed by atoms with Crippen LogP contribution in [0.15, 0.2) is 94.6 Å². The number of phenolic OH excluding ortho intramolecular Hbond substituents is 2. The summed E-state index contributed by atoms with van der Waals surface area (Å²) in [5.41, 5.74) is 4.79. The van der Waals surface area contributed by atoms with Crippen LogP contribution >= 0.6 is 34.3 Å². The third-order valence-corrected chi connectivity index (χ3v) is 10.2. The molecule has 7 rings (SSSR count). The average molecular weight is 757 g/mol. The first-order chi connectivity index (χ1) is 24.7. The Bertz CT molecular complexity index is 2060. The van der Waals surface area contributed by atoms with Crippen molar-refractivity contribution in [1.29, 1.82) is 0 Å². The molecule has 1 saturated heterocycles. The summed E-state index contributed by atoms with van der Waals surface area (Å²) >= 11 is 9.07. The summed E-state index contributed by atoms with van der Waals surface area (Å²) in [7, 11) is 7.29. The minimum absolute atomic E-state index is 0.186. The van der Waals surface area contributed by atoms with E-state index in [4.69, 9.17) is 20.9 Å². The molecule has 0 radical (unpaired) electrons. The second-order valence-corrected chi connectivity index (χ2v) is 15.2. The molecule has 10 nitrogen and oxygen atoms in total. The molecule has 1 fully saturated rings. The molecule has 14 heteroatoms. The van der Waals surface area contributed by atoms with E-state index in [0.717, 1.165) is 33.9 Å². The molecule has 6 aromatic rings. The lowest BCUT2D eigenvalue weighted by Gasteiger charge is -2.32. The molecule has 0 spiro atoms. The van der Waals surface area contributed by atoms with Crippen molar-refractivity contribution in [2.24, 2.45) is 0 Å². The van der Waals surface area contributed by atoms with Gasteiger partial charge in [0.25, 0.3) is 0 Å². The van der Waals surface area contributed by atoms with Gasteiger partial charge in [-0.15, -0.1) is 0 Å². The Hall–Kier alpha value is -4.53. The lowest BCUT2D eigenvalue weighted by atomic mass is 9.78. The van der Waals surface area contributed by atoms with Crippen LogP contribution in [0.1, 0.15) is 27.7 Å². The highest BCUT2D eigenvalue weighted by Crippen LogP contribution is 2.37. The van der Waals surface area contributed by atoms with Crippen LogP contribution in [0.3, 0.4) is 0 Å². The molecule has 4 aromatic heterocycles. The van der Waals surface area contributed by atoms with E-state index < -0.39 is 7.12 Å². The Labute approximate surface area is 318 Å². The Balaban J connectivity index is 0.000000154. The fourth-order valence-corrected chi connectivity index (χ4v) is 6.54. The normalized spacial score (nSPS) is 14.1. The van der Waals surface area contributed by atoms with Crippen LogP contribution in [0, 0.1) is 0 Å². The van der Waals surface area contributed by atoms with Crippen LogP contribution in [0.5, 0.6) is 11.5 Å². The van der Waals surface area contributed by atoms with Crippen LogP contribution in [0.2, 0.25) is 5.28 Å². The summed E-state index contributed by atoms with van der Waals surface area (Å²) in [5.74, 6) is 2.59. The van der Waals surface area contributed by atoms with Crippen molar-refractivity contribution in [2.75, 3.05) is 38.0 Å². The molecule has 2 aromatic carbocycles. The second kappa shape index (κ2) is 16.4. The van der Waals surface area contributed by atoms with Crippen molar-refractivity contribution < 1.29 is 19.5 Å². The van der Waals surface area contributed by atoms with E-state index in [2.05, 4.69) is 36.8 Å². The molecule has 2 N–H and O–H groups in total. The van der Waals surface area contributed by atoms with E-state index in [1.54, 1.807) is 53.1 Å². The van der Waals surface area contributed by atoms with Crippen LogP contribution in [-0.2, 0) is 9.31 Å². The Morgan fingerprint density at radius 3 is 1.65 bits per heavy atom. The van der Waals surface area contributed by atoms with Crippen molar-refractivity contribution in [3.63, 3.8) is 0 Å². The molecule has 0 bridgehead atoms. The number of nitrogens with zero attached hydrogens (tertiary/aromatic N) is 6. The standard InChI is InChI=1S/C16H15N3OS.C12H17BO3.C10H10ClN3S/c1-19(2)16-13(11-7-8-21-10-11)9-17-15(18-16)12-5-3-4-6-14(12)20;1-11(2)12(3,4)16-13(15-11)9-7-5-6-8-10(9)14;1-14(2)9-8(5-12-10(11)13-9)7-3-4-15-6-7/h3-10,20H,1-2H3;5-8,14H,1-4H3;3-6H,1-2H3. The van der Waals surface area contributed by atoms with Gasteiger partial charge in [0.2, 0.25) is 5.28 Å². The van der Waals surface area contributed by atoms with Crippen LogP contribution in [0.25, 0.3) is 33.6 Å². The quantitative estimate of drug-likeness (QED) is 0.127. The molecule has 5 heterocycles. The Morgan fingerprint density at radius 1 is 0.654 bits per heavy atom. The maximum Gasteiger partial charge on any atom is 0.498 e. The van der Waals surface area contributed by atoms with Gasteiger partial charge in [0.15, 0.2) is 5.82 Å². The predicted octanol–water partition coefficient (Wildman–Crippen LogP) is 8.26. The summed E-state index contributed by atoms with van der Waals surface area (Å²) in [4.78, 5) is 21.1. The third-order valence-electron chi connectivity index (χ3n) is 8.61. The number of para-hydroxylation sites is 2. The summed E-state index contributed by atoms with van der Waals surface area (Å²) in [6, 6.07) is 18.3. The van der Waals surface area contributed by atoms with Crippen molar-refractivity contribution in [1.82, 2.24) is 19.9 Å². The lowest BCUT2D eigenvalue weighted by Crippen LogP contribution is -2.41. The van der Waals surface area contributed by atoms with Gasteiger partial charge >= 0.3 is 7.12 Å². The summed E-state index contributed by atoms with van der Waals surface area (Å²) in [6.45, 7) is 7.97. The first-order valence-electron chi connectivity index (χ1n) is 16.4. The van der Waals surface area contributed by atoms with Crippen molar-refractivity contribution >= 4 is 58.5 Å². The number of thiophene rings is 2. The van der Waals surface area contributed by atoms with Gasteiger partial charge in [0.1, 0.15) is 23.1 Å². The van der Waals surface area contributed by atoms with Gasteiger partial charge in [-0.2, -0.15) is 27.7 Å². The zero-order valence-corrected chi connectivity index (χ0v) is 32.8. The molecule has 0 unspecified atom stereocenters. The summed E-state index contributed by atoms with van der Waals surface area (Å²) < 4.78 is 11.7. The van der Waals surface area contributed by atoms with E-state index in [1.165, 1.54) is 0 Å². The maximum absolute atomic E-state index is 9.95. The minimum Gasteiger partial charge on any atom is -0.508 e. The zero-order chi connectivity index (χ0) is 37.6. The molecule has 0 amide bonds. The van der Waals surface area contributed by atoms with Crippen molar-refractivity contribution in [2.45, 2.75) is 38.9 Å². The minimum atomic E-state index is -0.494. The number of hydrogen-bond acceptors (Lipinski definition) is 12. The van der Waals surface area contributed by atoms with Crippen molar-refractivity contribution in [3.05, 3.63) is 99.9 Å². The highest BCUT2D eigenvalue weighted by atomic mass is 35.5. The van der Waals surface area contributed by atoms with Gasteiger partial charge in [-0.25, -0.2) is 15.0 Å². The summed E-state index contributed by atoms with van der Waals surface area (Å²) in [6.07, 6.45) is 3.57. The van der Waals surface area contributed by atoms with Gasteiger partial charge in [-0.1, -0.05) is 30.3 Å². The second-order valence-electron chi connectivity index (χ2n) is 13.3. The number of anilines is 2. The first-order valence-corrected chi connectivity index (χ1v) is 18.7. The van der Waals surface area contributed by atoms with Gasteiger partial charge in [-0.3, -0.25) is 0 Å². The number of hydrogen-bond donors (Lipinski definition) is 2. The molecule has 1 aliphatic rings. The number of rotatable bonds is 6. The van der Waals surface area contributed by atoms with E-state index in [9.17, 15) is 10.2 Å². The fourth-order valence-electron chi connectivity index (χ4n) is 5.10. The monoisotopic (exact) mass is 756 g/mol. The van der Waals surface area contributed by atoms with Crippen LogP contribution in [-0.4, -0.2) is 76.7 Å². The fraction of sp³-hybridized carbons (Fsp3) is 0.263. The van der Waals surface area contributed by atoms with Gasteiger partial charge < -0.3 is 29.3 Å². The number of phenols is 2. The van der Waals surface area contributed by atoms with Crippen molar-refractivity contribution in [3.8, 4) is 45.1 Å². The van der Waals surface area contributed by atoms with E-state index >= 15 is 0 Å². The molecule has 270 valence electrons. The van der Waals surface area contributed by atoms with Crippen LogP contribution < -0.4 is 15.3 Å². The maximum atomic E-state index is 9.95. The van der Waals surface area contributed by atoms with Gasteiger partial charge in [0.05, 0.1) is 16.8 Å². The topological polar surface area (TPSA) is 117 Å². The van der Waals surface area contributed by atoms with E-state index in [-0.39, 0.29) is 28.0 Å². The first kappa shape index (κ1) is 38.7. The molecule has 0 saturated carbocycles. The van der Waals surface area contributed by atoms with E-state index in [0.29, 0.717) is 16.9 Å². The largest absolute Gasteiger partial charge is 0.508 e. The summed E-state index contributed by atoms with van der Waals surface area (Å²) in [5, 5.41) is 28.2. The lowest BCUT2D eigenvalue weighted by molar-refractivity contribution is 0.00578. The molecule has 0 aliphatic carbocycles. The van der Waals surface area contributed by atoms with Gasteiger partial charge in [0, 0.05) is 57.2 Å². The Kier molecular flexibility index (Phi) is 12.2. The van der Waals surface area contributed by atoms with Crippen LogP contribution in [0.4, 0.5) is 11.6 Å². The van der Waals surface area contributed by atoms with E-state index in [1.807, 2.05) is 113 Å². The average Bonchev–Trinajstić information content (AvgIpc) is 3.88. The molecular formula is C38H42BClN6O4S2. The molecular weight excluding hydrogens is 715 g/mol.